The largest absolute Gasteiger partial charge is 0.460 e. The second kappa shape index (κ2) is 18.1. The lowest BCUT2D eigenvalue weighted by atomic mass is 9.98. The number of aliphatic hydroxyl groups is 1. The van der Waals surface area contributed by atoms with Gasteiger partial charge in [-0.15, -0.1) is 0 Å². The maximum Gasteiger partial charge on any atom is 0.329 e. The third-order valence-electron chi connectivity index (χ3n) is 7.76. The normalized spacial score (nSPS) is 26.1. The summed E-state index contributed by atoms with van der Waals surface area (Å²) in [5.41, 5.74) is 0.712. The molecular formula is C32H49N5O8. The smallest absolute Gasteiger partial charge is 0.329 e. The minimum Gasteiger partial charge on any atom is -0.460 e. The first kappa shape index (κ1) is 37.2. The Morgan fingerprint density at radius 3 is 2.00 bits per heavy atom. The van der Waals surface area contributed by atoms with Crippen molar-refractivity contribution < 1.29 is 38.6 Å². The van der Waals surface area contributed by atoms with Gasteiger partial charge >= 0.3 is 5.97 Å². The van der Waals surface area contributed by atoms with Crippen LogP contribution in [0.4, 0.5) is 0 Å². The maximum absolute atomic E-state index is 13.6. The van der Waals surface area contributed by atoms with Crippen LogP contribution >= 0.6 is 0 Å². The van der Waals surface area contributed by atoms with Crippen molar-refractivity contribution in [1.29, 1.82) is 0 Å². The van der Waals surface area contributed by atoms with Crippen molar-refractivity contribution in [2.75, 3.05) is 6.54 Å². The van der Waals surface area contributed by atoms with E-state index < -0.39 is 84.3 Å². The van der Waals surface area contributed by atoms with E-state index in [0.717, 1.165) is 0 Å². The van der Waals surface area contributed by atoms with E-state index in [2.05, 4.69) is 26.6 Å². The van der Waals surface area contributed by atoms with Gasteiger partial charge < -0.3 is 36.4 Å². The number of cyclic esters (lactones) is 1. The van der Waals surface area contributed by atoms with Gasteiger partial charge in [-0.25, -0.2) is 4.79 Å². The van der Waals surface area contributed by atoms with E-state index in [9.17, 15) is 33.9 Å². The monoisotopic (exact) mass is 631 g/mol. The lowest BCUT2D eigenvalue weighted by molar-refractivity contribution is -0.156. The van der Waals surface area contributed by atoms with Crippen LogP contribution in [-0.2, 0) is 39.9 Å². The van der Waals surface area contributed by atoms with Gasteiger partial charge in [-0.2, -0.15) is 0 Å². The molecule has 13 heteroatoms. The molecule has 2 rings (SSSR count). The highest BCUT2D eigenvalue weighted by Crippen LogP contribution is 2.15. The fourth-order valence-corrected chi connectivity index (χ4v) is 4.87. The molecule has 1 aliphatic rings. The molecule has 45 heavy (non-hydrogen) atoms. The predicted octanol–water partition coefficient (Wildman–Crippen LogP) is 0.483. The number of hydrogen-bond acceptors (Lipinski definition) is 8. The Morgan fingerprint density at radius 2 is 1.42 bits per heavy atom. The molecule has 0 aromatic heterocycles. The average molecular weight is 632 g/mol. The molecule has 0 aliphatic carbocycles. The zero-order chi connectivity index (χ0) is 33.7. The number of carbonyl (C=O) groups excluding carboxylic acids is 6. The van der Waals surface area contributed by atoms with E-state index in [1.165, 1.54) is 6.92 Å². The van der Waals surface area contributed by atoms with Gasteiger partial charge in [0, 0.05) is 6.42 Å². The molecule has 0 unspecified atom stereocenters. The maximum atomic E-state index is 13.6. The van der Waals surface area contributed by atoms with Crippen LogP contribution in [0, 0.1) is 11.8 Å². The number of nitrogens with one attached hydrogen (secondary N) is 5. The highest BCUT2D eigenvalue weighted by Gasteiger charge is 2.36. The van der Waals surface area contributed by atoms with Crippen LogP contribution in [0.25, 0.3) is 0 Å². The molecule has 0 bridgehead atoms. The standard InChI is InChI=1S/C32H49N5O8/c1-7-12-22-16-24(39)33-17-25(40)35-26(18(3)4)30(42)34-23(15-21-13-10-9-11-14-21)29(41)37-28(20(6)38)31(43)36-27(19(5)8-2)32(44)45-22/h9-11,13-14,18-20,22-23,26-28,38H,7-8,12,15-17H2,1-6H3,(H,33,39)(H,34,42)(H,35,40)(H,36,43)(H,37,41)/t19-,20+,22+,23+,26-,27-,28-/m0/s1. The Labute approximate surface area is 265 Å². The van der Waals surface area contributed by atoms with Gasteiger partial charge in [0.15, 0.2) is 0 Å². The van der Waals surface area contributed by atoms with Gasteiger partial charge in [-0.1, -0.05) is 77.8 Å². The van der Waals surface area contributed by atoms with Gasteiger partial charge in [-0.3, -0.25) is 24.0 Å². The number of benzene rings is 1. The molecule has 1 saturated heterocycles. The first-order valence-corrected chi connectivity index (χ1v) is 15.7. The molecule has 0 radical (unpaired) electrons. The Bertz CT molecular complexity index is 1180. The quantitative estimate of drug-likeness (QED) is 0.223. The summed E-state index contributed by atoms with van der Waals surface area (Å²) >= 11 is 0. The van der Waals surface area contributed by atoms with E-state index in [1.54, 1.807) is 51.1 Å². The number of aliphatic hydroxyl groups excluding tert-OH is 1. The van der Waals surface area contributed by atoms with Crippen molar-refractivity contribution in [3.05, 3.63) is 35.9 Å². The summed E-state index contributed by atoms with van der Waals surface area (Å²) in [7, 11) is 0. The number of ether oxygens (including phenoxy) is 1. The third-order valence-corrected chi connectivity index (χ3v) is 7.76. The molecule has 5 amide bonds. The topological polar surface area (TPSA) is 192 Å². The highest BCUT2D eigenvalue weighted by atomic mass is 16.5. The summed E-state index contributed by atoms with van der Waals surface area (Å²) in [5.74, 6) is -4.90. The molecule has 250 valence electrons. The SMILES string of the molecule is CCC[C@@H]1CC(=O)NCC(=O)N[C@@H](C(C)C)C(=O)N[C@H](Cc2ccccc2)C(=O)N[C@@H]([C@@H](C)O)C(=O)N[C@@H]([C@@H](C)CC)C(=O)O1. The minimum atomic E-state index is -1.48. The third kappa shape index (κ3) is 11.8. The fraction of sp³-hybridized carbons (Fsp3) is 0.625. The molecule has 0 spiro atoms. The summed E-state index contributed by atoms with van der Waals surface area (Å²) in [6, 6.07) is 4.02. The first-order chi connectivity index (χ1) is 21.3. The number of carbonyl (C=O) groups is 6. The molecule has 1 aromatic rings. The average Bonchev–Trinajstić information content (AvgIpc) is 2.99. The molecule has 1 fully saturated rings. The Hall–Kier alpha value is -4.00. The van der Waals surface area contributed by atoms with Crippen molar-refractivity contribution in [3.63, 3.8) is 0 Å². The van der Waals surface area contributed by atoms with E-state index in [0.29, 0.717) is 24.8 Å². The van der Waals surface area contributed by atoms with E-state index in [-0.39, 0.29) is 18.8 Å². The van der Waals surface area contributed by atoms with Crippen molar-refractivity contribution in [2.45, 2.75) is 110 Å². The van der Waals surface area contributed by atoms with Gasteiger partial charge in [-0.05, 0) is 30.7 Å². The van der Waals surface area contributed by atoms with E-state index in [1.807, 2.05) is 13.8 Å². The molecule has 1 heterocycles. The molecule has 6 N–H and O–H groups in total. The van der Waals surface area contributed by atoms with E-state index in [4.69, 9.17) is 4.74 Å². The predicted molar refractivity (Wildman–Crippen MR) is 166 cm³/mol. The van der Waals surface area contributed by atoms with Crippen LogP contribution < -0.4 is 26.6 Å². The van der Waals surface area contributed by atoms with Gasteiger partial charge in [0.05, 0.1) is 19.1 Å². The number of rotatable bonds is 8. The van der Waals surface area contributed by atoms with Crippen molar-refractivity contribution in [2.24, 2.45) is 11.8 Å². The fourth-order valence-electron chi connectivity index (χ4n) is 4.87. The van der Waals surface area contributed by atoms with Crippen LogP contribution in [-0.4, -0.2) is 83.5 Å². The second-order valence-electron chi connectivity index (χ2n) is 12.0. The van der Waals surface area contributed by atoms with E-state index >= 15 is 0 Å². The first-order valence-electron chi connectivity index (χ1n) is 15.7. The zero-order valence-corrected chi connectivity index (χ0v) is 27.1. The minimum absolute atomic E-state index is 0.0437. The Kier molecular flexibility index (Phi) is 14.9. The molecule has 0 saturated carbocycles. The summed E-state index contributed by atoms with van der Waals surface area (Å²) < 4.78 is 5.68. The number of amides is 5. The van der Waals surface area contributed by atoms with Gasteiger partial charge in [0.2, 0.25) is 29.5 Å². The lowest BCUT2D eigenvalue weighted by Gasteiger charge is -2.29. The molecular weight excluding hydrogens is 582 g/mol. The number of hydrogen-bond donors (Lipinski definition) is 6. The Morgan fingerprint density at radius 1 is 0.800 bits per heavy atom. The summed E-state index contributed by atoms with van der Waals surface area (Å²) in [6.07, 6.45) is -0.922. The summed E-state index contributed by atoms with van der Waals surface area (Å²) in [4.78, 5) is 79.5. The van der Waals surface area contributed by atoms with Gasteiger partial charge in [0.1, 0.15) is 30.3 Å². The van der Waals surface area contributed by atoms with Crippen LogP contribution in [0.15, 0.2) is 30.3 Å². The lowest BCUT2D eigenvalue weighted by Crippen LogP contribution is -2.61. The second-order valence-corrected chi connectivity index (χ2v) is 12.0. The highest BCUT2D eigenvalue weighted by molar-refractivity contribution is 5.96. The van der Waals surface area contributed by atoms with Crippen LogP contribution in [0.3, 0.4) is 0 Å². The Balaban J connectivity index is 2.52. The zero-order valence-electron chi connectivity index (χ0n) is 27.1. The van der Waals surface area contributed by atoms with Crippen LogP contribution in [0.1, 0.15) is 72.8 Å². The van der Waals surface area contributed by atoms with Crippen LogP contribution in [0.5, 0.6) is 0 Å². The summed E-state index contributed by atoms with van der Waals surface area (Å²) in [5, 5.41) is 23.5. The number of esters is 1. The molecule has 7 atom stereocenters. The summed E-state index contributed by atoms with van der Waals surface area (Å²) in [6.45, 7) is 9.77. The van der Waals surface area contributed by atoms with Crippen LogP contribution in [0.2, 0.25) is 0 Å². The van der Waals surface area contributed by atoms with Crippen molar-refractivity contribution in [1.82, 2.24) is 26.6 Å². The molecule has 13 nitrogen and oxygen atoms in total. The van der Waals surface area contributed by atoms with Crippen molar-refractivity contribution >= 4 is 35.5 Å². The molecule has 1 aromatic carbocycles. The molecule has 1 aliphatic heterocycles. The van der Waals surface area contributed by atoms with Crippen molar-refractivity contribution in [3.8, 4) is 0 Å². The van der Waals surface area contributed by atoms with Gasteiger partial charge in [0.25, 0.3) is 0 Å².